The number of halogens is 1. The molecule has 78 valence electrons. The SMILES string of the molecule is C=C1NC(=O)OCCC1OC(=O)CCl. The van der Waals surface area contributed by atoms with Crippen LogP contribution in [0.4, 0.5) is 4.79 Å². The van der Waals surface area contributed by atoms with E-state index in [1.807, 2.05) is 0 Å². The van der Waals surface area contributed by atoms with Gasteiger partial charge in [0.15, 0.2) is 0 Å². The number of esters is 1. The minimum absolute atomic E-state index is 0.186. The number of nitrogens with one attached hydrogen (secondary N) is 1. The van der Waals surface area contributed by atoms with Crippen LogP contribution in [0.25, 0.3) is 0 Å². The van der Waals surface area contributed by atoms with Gasteiger partial charge in [-0.05, 0) is 0 Å². The fraction of sp³-hybridized carbons (Fsp3) is 0.500. The van der Waals surface area contributed by atoms with Crippen molar-refractivity contribution in [2.45, 2.75) is 12.5 Å². The third-order valence-electron chi connectivity index (χ3n) is 1.65. The topological polar surface area (TPSA) is 64.6 Å². The normalized spacial score (nSPS) is 21.9. The van der Waals surface area contributed by atoms with Crippen molar-refractivity contribution in [3.8, 4) is 0 Å². The van der Waals surface area contributed by atoms with E-state index in [1.165, 1.54) is 0 Å². The Morgan fingerprint density at radius 3 is 3.14 bits per heavy atom. The smallest absolute Gasteiger partial charge is 0.411 e. The monoisotopic (exact) mass is 219 g/mol. The molecule has 0 aromatic heterocycles. The van der Waals surface area contributed by atoms with E-state index in [4.69, 9.17) is 16.3 Å². The molecule has 1 amide bonds. The number of amides is 1. The van der Waals surface area contributed by atoms with E-state index in [0.717, 1.165) is 0 Å². The van der Waals surface area contributed by atoms with E-state index >= 15 is 0 Å². The minimum atomic E-state index is -0.584. The molecule has 1 heterocycles. The second-order valence-corrected chi connectivity index (χ2v) is 2.95. The Balaban J connectivity index is 2.55. The van der Waals surface area contributed by atoms with E-state index in [1.54, 1.807) is 0 Å². The number of alkyl carbamates (subject to hydrolysis) is 1. The molecule has 0 saturated carbocycles. The summed E-state index contributed by atoms with van der Waals surface area (Å²) in [5.74, 6) is -0.771. The zero-order valence-electron chi connectivity index (χ0n) is 7.42. The maximum atomic E-state index is 10.9. The zero-order valence-corrected chi connectivity index (χ0v) is 8.17. The number of rotatable bonds is 2. The number of alkyl halides is 1. The summed E-state index contributed by atoms with van der Waals surface area (Å²) in [5.41, 5.74) is 0.311. The maximum absolute atomic E-state index is 10.9. The molecular weight excluding hydrogens is 210 g/mol. The number of carbonyl (C=O) groups is 2. The summed E-state index contributed by atoms with van der Waals surface area (Å²) in [6.45, 7) is 3.75. The average molecular weight is 220 g/mol. The number of hydrogen-bond donors (Lipinski definition) is 1. The van der Waals surface area contributed by atoms with Crippen molar-refractivity contribution in [3.63, 3.8) is 0 Å². The number of hydrogen-bond acceptors (Lipinski definition) is 4. The fourth-order valence-electron chi connectivity index (χ4n) is 1.00. The highest BCUT2D eigenvalue weighted by atomic mass is 35.5. The Bertz CT molecular complexity index is 266. The van der Waals surface area contributed by atoms with E-state index < -0.39 is 18.2 Å². The predicted molar refractivity (Wildman–Crippen MR) is 48.8 cm³/mol. The average Bonchev–Trinajstić information content (AvgIpc) is 2.29. The highest BCUT2D eigenvalue weighted by Crippen LogP contribution is 2.11. The lowest BCUT2D eigenvalue weighted by atomic mass is 10.2. The molecule has 6 heteroatoms. The van der Waals surface area contributed by atoms with Gasteiger partial charge in [-0.1, -0.05) is 6.58 Å². The van der Waals surface area contributed by atoms with Crippen molar-refractivity contribution in [1.82, 2.24) is 5.32 Å². The fourth-order valence-corrected chi connectivity index (χ4v) is 1.06. The Morgan fingerprint density at radius 1 is 1.79 bits per heavy atom. The number of cyclic esters (lactones) is 1. The van der Waals surface area contributed by atoms with Gasteiger partial charge in [-0.25, -0.2) is 4.79 Å². The van der Waals surface area contributed by atoms with Gasteiger partial charge in [-0.2, -0.15) is 0 Å². The molecular formula is C8H10ClNO4. The van der Waals surface area contributed by atoms with Gasteiger partial charge < -0.3 is 9.47 Å². The van der Waals surface area contributed by atoms with Gasteiger partial charge >= 0.3 is 12.1 Å². The second-order valence-electron chi connectivity index (χ2n) is 2.69. The Morgan fingerprint density at radius 2 is 2.50 bits per heavy atom. The van der Waals surface area contributed by atoms with Crippen LogP contribution in [0.3, 0.4) is 0 Å². The van der Waals surface area contributed by atoms with Gasteiger partial charge in [-0.3, -0.25) is 10.1 Å². The van der Waals surface area contributed by atoms with Crippen LogP contribution in [0, 0.1) is 0 Å². The van der Waals surface area contributed by atoms with E-state index in [2.05, 4.69) is 16.6 Å². The van der Waals surface area contributed by atoms with Gasteiger partial charge in [0.25, 0.3) is 0 Å². The summed E-state index contributed by atoms with van der Waals surface area (Å²) in [7, 11) is 0. The molecule has 0 radical (unpaired) electrons. The van der Waals surface area contributed by atoms with Crippen molar-refractivity contribution in [2.24, 2.45) is 0 Å². The Kier molecular flexibility index (Phi) is 3.76. The first-order valence-corrected chi connectivity index (χ1v) is 4.55. The van der Waals surface area contributed by atoms with E-state index in [9.17, 15) is 9.59 Å². The molecule has 1 N–H and O–H groups in total. The summed E-state index contributed by atoms with van der Waals surface area (Å²) in [6, 6.07) is 0. The van der Waals surface area contributed by atoms with Crippen LogP contribution < -0.4 is 5.32 Å². The molecule has 1 aliphatic rings. The van der Waals surface area contributed by atoms with Crippen LogP contribution in [0.15, 0.2) is 12.3 Å². The second kappa shape index (κ2) is 4.85. The molecule has 0 aliphatic carbocycles. The molecule has 5 nitrogen and oxygen atoms in total. The highest BCUT2D eigenvalue weighted by Gasteiger charge is 2.23. The van der Waals surface area contributed by atoms with Crippen LogP contribution in [0.5, 0.6) is 0 Å². The Labute approximate surface area is 86.0 Å². The molecule has 1 aliphatic heterocycles. The molecule has 1 saturated heterocycles. The van der Waals surface area contributed by atoms with Gasteiger partial charge in [0.05, 0.1) is 12.3 Å². The van der Waals surface area contributed by atoms with E-state index in [0.29, 0.717) is 12.1 Å². The van der Waals surface area contributed by atoms with Crippen LogP contribution in [0.2, 0.25) is 0 Å². The molecule has 1 rings (SSSR count). The van der Waals surface area contributed by atoms with E-state index in [-0.39, 0.29) is 12.5 Å². The standard InChI is InChI=1S/C8H10ClNO4/c1-5-6(14-7(11)4-9)2-3-13-8(12)10-5/h6H,1-4H2,(H,10,12). The first kappa shape index (κ1) is 10.8. The van der Waals surface area contributed by atoms with Gasteiger partial charge in [0.2, 0.25) is 0 Å². The largest absolute Gasteiger partial charge is 0.455 e. The van der Waals surface area contributed by atoms with Crippen molar-refractivity contribution < 1.29 is 19.1 Å². The van der Waals surface area contributed by atoms with Crippen LogP contribution >= 0.6 is 11.6 Å². The molecule has 0 aromatic rings. The molecule has 0 spiro atoms. The molecule has 0 aromatic carbocycles. The lowest BCUT2D eigenvalue weighted by Crippen LogP contribution is -2.28. The summed E-state index contributed by atoms with van der Waals surface area (Å²) >= 11 is 5.27. The zero-order chi connectivity index (χ0) is 10.6. The quantitative estimate of drug-likeness (QED) is 0.551. The third kappa shape index (κ3) is 2.92. The maximum Gasteiger partial charge on any atom is 0.411 e. The molecule has 0 bridgehead atoms. The van der Waals surface area contributed by atoms with Crippen molar-refractivity contribution in [3.05, 3.63) is 12.3 Å². The van der Waals surface area contributed by atoms with Crippen LogP contribution in [-0.4, -0.2) is 30.7 Å². The lowest BCUT2D eigenvalue weighted by Gasteiger charge is -2.15. The van der Waals surface area contributed by atoms with Gasteiger partial charge in [0.1, 0.15) is 12.0 Å². The minimum Gasteiger partial charge on any atom is -0.455 e. The highest BCUT2D eigenvalue weighted by molar-refractivity contribution is 6.26. The molecule has 1 unspecified atom stereocenters. The predicted octanol–water partition coefficient (Wildman–Crippen LogP) is 0.781. The van der Waals surface area contributed by atoms with Crippen molar-refractivity contribution >= 4 is 23.7 Å². The first-order valence-electron chi connectivity index (χ1n) is 4.01. The summed E-state index contributed by atoms with van der Waals surface area (Å²) in [5, 5.41) is 2.35. The third-order valence-corrected chi connectivity index (χ3v) is 1.87. The molecule has 14 heavy (non-hydrogen) atoms. The van der Waals surface area contributed by atoms with Crippen molar-refractivity contribution in [2.75, 3.05) is 12.5 Å². The summed E-state index contributed by atoms with van der Waals surface area (Å²) in [4.78, 5) is 21.7. The van der Waals surface area contributed by atoms with Crippen molar-refractivity contribution in [1.29, 1.82) is 0 Å². The first-order chi connectivity index (χ1) is 6.63. The Hall–Kier alpha value is -1.23. The number of carbonyl (C=O) groups excluding carboxylic acids is 2. The van der Waals surface area contributed by atoms with Crippen LogP contribution in [0.1, 0.15) is 6.42 Å². The molecule has 1 atom stereocenters. The summed E-state index contributed by atoms with van der Waals surface area (Å²) < 4.78 is 9.60. The summed E-state index contributed by atoms with van der Waals surface area (Å²) in [6.07, 6.45) is -0.757. The molecule has 1 fully saturated rings. The van der Waals surface area contributed by atoms with Crippen LogP contribution in [-0.2, 0) is 14.3 Å². The number of ether oxygens (including phenoxy) is 2. The van der Waals surface area contributed by atoms with Gasteiger partial charge in [0, 0.05) is 6.42 Å². The lowest BCUT2D eigenvalue weighted by molar-refractivity contribution is -0.144. The van der Waals surface area contributed by atoms with Gasteiger partial charge in [-0.15, -0.1) is 11.6 Å².